The van der Waals surface area contributed by atoms with E-state index in [9.17, 15) is 8.78 Å². The molecule has 0 radical (unpaired) electrons. The zero-order valence-electron chi connectivity index (χ0n) is 8.32. The second-order valence-corrected chi connectivity index (χ2v) is 4.15. The Kier molecular flexibility index (Phi) is 3.62. The van der Waals surface area contributed by atoms with E-state index < -0.39 is 6.43 Å². The summed E-state index contributed by atoms with van der Waals surface area (Å²) in [5.41, 5.74) is -0.0973. The van der Waals surface area contributed by atoms with Crippen molar-refractivity contribution in [2.45, 2.75) is 32.2 Å². The van der Waals surface area contributed by atoms with Gasteiger partial charge in [0.2, 0.25) is 0 Å². The SMILES string of the molecule is CC1(C)CCNCCN1CC(F)F. The van der Waals surface area contributed by atoms with Gasteiger partial charge in [0.15, 0.2) is 0 Å². The molecule has 0 unspecified atom stereocenters. The van der Waals surface area contributed by atoms with Gasteiger partial charge in [0.05, 0.1) is 6.54 Å². The zero-order valence-corrected chi connectivity index (χ0v) is 8.32. The molecule has 0 amide bonds. The largest absolute Gasteiger partial charge is 0.315 e. The van der Waals surface area contributed by atoms with Gasteiger partial charge in [-0.05, 0) is 26.8 Å². The Morgan fingerprint density at radius 2 is 2.08 bits per heavy atom. The van der Waals surface area contributed by atoms with Crippen molar-refractivity contribution >= 4 is 0 Å². The summed E-state index contributed by atoms with van der Waals surface area (Å²) in [5.74, 6) is 0. The highest BCUT2D eigenvalue weighted by molar-refractivity contribution is 4.85. The first kappa shape index (κ1) is 10.9. The molecule has 0 saturated carbocycles. The predicted octanol–water partition coefficient (Wildman–Crippen LogP) is 1.33. The maximum absolute atomic E-state index is 12.2. The lowest BCUT2D eigenvalue weighted by molar-refractivity contribution is 0.0382. The molecule has 0 spiro atoms. The summed E-state index contributed by atoms with van der Waals surface area (Å²) in [7, 11) is 0. The molecule has 78 valence electrons. The van der Waals surface area contributed by atoms with Gasteiger partial charge in [0.25, 0.3) is 6.43 Å². The van der Waals surface area contributed by atoms with Crippen molar-refractivity contribution in [3.05, 3.63) is 0 Å². The molecule has 13 heavy (non-hydrogen) atoms. The van der Waals surface area contributed by atoms with Gasteiger partial charge in [-0.15, -0.1) is 0 Å². The van der Waals surface area contributed by atoms with Crippen molar-refractivity contribution < 1.29 is 8.78 Å². The second kappa shape index (κ2) is 4.33. The highest BCUT2D eigenvalue weighted by atomic mass is 19.3. The van der Waals surface area contributed by atoms with Crippen molar-refractivity contribution in [2.75, 3.05) is 26.2 Å². The summed E-state index contributed by atoms with van der Waals surface area (Å²) in [5, 5.41) is 3.22. The van der Waals surface area contributed by atoms with E-state index in [1.54, 1.807) is 0 Å². The van der Waals surface area contributed by atoms with E-state index in [0.29, 0.717) is 0 Å². The summed E-state index contributed by atoms with van der Waals surface area (Å²) < 4.78 is 24.5. The Bertz CT molecular complexity index is 160. The molecule has 0 bridgehead atoms. The molecule has 0 aromatic heterocycles. The molecule has 1 aliphatic heterocycles. The Labute approximate surface area is 78.3 Å². The predicted molar refractivity (Wildman–Crippen MR) is 49.1 cm³/mol. The third kappa shape index (κ3) is 3.19. The lowest BCUT2D eigenvalue weighted by Crippen LogP contribution is -2.46. The number of hydrogen-bond donors (Lipinski definition) is 1. The fourth-order valence-corrected chi connectivity index (χ4v) is 1.70. The molecule has 4 heteroatoms. The minimum Gasteiger partial charge on any atom is -0.315 e. The smallest absolute Gasteiger partial charge is 0.251 e. The number of alkyl halides is 2. The van der Waals surface area contributed by atoms with Crippen LogP contribution in [0.4, 0.5) is 8.78 Å². The van der Waals surface area contributed by atoms with Gasteiger partial charge < -0.3 is 5.32 Å². The van der Waals surface area contributed by atoms with E-state index >= 15 is 0 Å². The number of hydrogen-bond acceptors (Lipinski definition) is 2. The van der Waals surface area contributed by atoms with E-state index in [0.717, 1.165) is 26.1 Å². The Morgan fingerprint density at radius 1 is 1.38 bits per heavy atom. The van der Waals surface area contributed by atoms with Crippen LogP contribution in [-0.2, 0) is 0 Å². The Balaban J connectivity index is 2.55. The molecule has 0 aliphatic carbocycles. The molecule has 1 fully saturated rings. The van der Waals surface area contributed by atoms with Crippen molar-refractivity contribution in [1.29, 1.82) is 0 Å². The summed E-state index contributed by atoms with van der Waals surface area (Å²) >= 11 is 0. The van der Waals surface area contributed by atoms with Gasteiger partial charge in [-0.1, -0.05) is 0 Å². The minimum atomic E-state index is -2.22. The highest BCUT2D eigenvalue weighted by Gasteiger charge is 2.29. The zero-order chi connectivity index (χ0) is 9.90. The molecular weight excluding hydrogens is 174 g/mol. The van der Waals surface area contributed by atoms with Crippen LogP contribution in [0.2, 0.25) is 0 Å². The number of nitrogens with zero attached hydrogens (tertiary/aromatic N) is 1. The topological polar surface area (TPSA) is 15.3 Å². The van der Waals surface area contributed by atoms with Crippen LogP contribution in [0.1, 0.15) is 20.3 Å². The number of halogens is 2. The lowest BCUT2D eigenvalue weighted by atomic mass is 9.99. The molecule has 1 saturated heterocycles. The molecule has 1 rings (SSSR count). The molecule has 0 atom stereocenters. The van der Waals surface area contributed by atoms with Gasteiger partial charge in [-0.25, -0.2) is 8.78 Å². The van der Waals surface area contributed by atoms with E-state index in [1.165, 1.54) is 0 Å². The van der Waals surface area contributed by atoms with E-state index in [1.807, 2.05) is 18.7 Å². The molecule has 0 aromatic rings. The van der Waals surface area contributed by atoms with Gasteiger partial charge in [-0.3, -0.25) is 4.90 Å². The van der Waals surface area contributed by atoms with E-state index in [2.05, 4.69) is 5.32 Å². The van der Waals surface area contributed by atoms with Crippen LogP contribution in [0, 0.1) is 0 Å². The van der Waals surface area contributed by atoms with Crippen molar-refractivity contribution in [3.63, 3.8) is 0 Å². The normalized spacial score (nSPS) is 24.7. The third-order valence-corrected chi connectivity index (χ3v) is 2.69. The number of rotatable bonds is 2. The fourth-order valence-electron chi connectivity index (χ4n) is 1.70. The molecule has 1 aliphatic rings. The standard InChI is InChI=1S/C9H18F2N2/c1-9(2)3-4-12-5-6-13(9)7-8(10)11/h8,12H,3-7H2,1-2H3. The highest BCUT2D eigenvalue weighted by Crippen LogP contribution is 2.20. The lowest BCUT2D eigenvalue weighted by Gasteiger charge is -2.36. The molecule has 2 nitrogen and oxygen atoms in total. The Hall–Kier alpha value is -0.220. The van der Waals surface area contributed by atoms with Gasteiger partial charge in [0, 0.05) is 18.6 Å². The molecule has 1 heterocycles. The number of nitrogens with one attached hydrogen (secondary N) is 1. The van der Waals surface area contributed by atoms with E-state index in [4.69, 9.17) is 0 Å². The average molecular weight is 192 g/mol. The van der Waals surface area contributed by atoms with Crippen molar-refractivity contribution in [2.24, 2.45) is 0 Å². The maximum atomic E-state index is 12.2. The third-order valence-electron chi connectivity index (χ3n) is 2.69. The summed E-state index contributed by atoms with van der Waals surface area (Å²) in [6.45, 7) is 6.42. The van der Waals surface area contributed by atoms with Gasteiger partial charge in [-0.2, -0.15) is 0 Å². The maximum Gasteiger partial charge on any atom is 0.251 e. The van der Waals surface area contributed by atoms with Crippen LogP contribution in [0.3, 0.4) is 0 Å². The van der Waals surface area contributed by atoms with Crippen LogP contribution >= 0.6 is 0 Å². The summed E-state index contributed by atoms with van der Waals surface area (Å²) in [4.78, 5) is 1.87. The van der Waals surface area contributed by atoms with Crippen LogP contribution in [-0.4, -0.2) is 43.0 Å². The van der Waals surface area contributed by atoms with Crippen molar-refractivity contribution in [1.82, 2.24) is 10.2 Å². The second-order valence-electron chi connectivity index (χ2n) is 4.15. The molecule has 1 N–H and O–H groups in total. The fraction of sp³-hybridized carbons (Fsp3) is 1.00. The average Bonchev–Trinajstić information content (AvgIpc) is 2.13. The minimum absolute atomic E-state index is 0.0973. The van der Waals surface area contributed by atoms with Crippen LogP contribution in [0.25, 0.3) is 0 Å². The Morgan fingerprint density at radius 3 is 2.69 bits per heavy atom. The van der Waals surface area contributed by atoms with Gasteiger partial charge >= 0.3 is 0 Å². The monoisotopic (exact) mass is 192 g/mol. The van der Waals surface area contributed by atoms with Crippen molar-refractivity contribution in [3.8, 4) is 0 Å². The first-order valence-electron chi connectivity index (χ1n) is 4.76. The first-order chi connectivity index (χ1) is 6.02. The van der Waals surface area contributed by atoms with Gasteiger partial charge in [0.1, 0.15) is 0 Å². The van der Waals surface area contributed by atoms with Crippen LogP contribution < -0.4 is 5.32 Å². The van der Waals surface area contributed by atoms with E-state index in [-0.39, 0.29) is 12.1 Å². The van der Waals surface area contributed by atoms with Crippen LogP contribution in [0.5, 0.6) is 0 Å². The summed E-state index contributed by atoms with van der Waals surface area (Å²) in [6.07, 6.45) is -1.29. The van der Waals surface area contributed by atoms with Crippen LogP contribution in [0.15, 0.2) is 0 Å². The first-order valence-corrected chi connectivity index (χ1v) is 4.76. The quantitative estimate of drug-likeness (QED) is 0.710. The molecule has 0 aromatic carbocycles. The summed E-state index contributed by atoms with van der Waals surface area (Å²) in [6, 6.07) is 0. The molecular formula is C9H18F2N2.